The van der Waals surface area contributed by atoms with Crippen molar-refractivity contribution in [2.75, 3.05) is 13.7 Å². The van der Waals surface area contributed by atoms with E-state index >= 15 is 0 Å². The average Bonchev–Trinajstić information content (AvgIpc) is 2.65. The van der Waals surface area contributed by atoms with Crippen molar-refractivity contribution in [3.05, 3.63) is 63.7 Å². The van der Waals surface area contributed by atoms with Crippen molar-refractivity contribution < 1.29 is 14.3 Å². The number of nitrogens with zero attached hydrogens (tertiary/aromatic N) is 1. The van der Waals surface area contributed by atoms with E-state index in [0.717, 1.165) is 9.13 Å². The van der Waals surface area contributed by atoms with Gasteiger partial charge in [0, 0.05) is 17.2 Å². The van der Waals surface area contributed by atoms with E-state index in [1.807, 2.05) is 54.6 Å². The molecule has 0 aliphatic rings. The number of rotatable bonds is 7. The monoisotopic (exact) mass is 452 g/mol. The molecule has 0 bridgehead atoms. The highest BCUT2D eigenvalue weighted by Gasteiger charge is 2.25. The third-order valence-corrected chi connectivity index (χ3v) is 4.50. The number of benzene rings is 2. The number of likely N-dealkylation sites (N-methyl/N-ethyl adjacent to an activating group) is 1. The molecule has 0 aromatic heterocycles. The second-order valence-corrected chi connectivity index (χ2v) is 6.79. The van der Waals surface area contributed by atoms with Crippen molar-refractivity contribution in [1.29, 1.82) is 0 Å². The maximum atomic E-state index is 12.7. The minimum absolute atomic E-state index is 0.116. The van der Waals surface area contributed by atoms with Crippen molar-refractivity contribution >= 4 is 34.4 Å². The normalized spacial score (nSPS) is 11.5. The van der Waals surface area contributed by atoms with Gasteiger partial charge in [-0.3, -0.25) is 9.59 Å². The molecule has 0 fully saturated rings. The van der Waals surface area contributed by atoms with E-state index in [0.29, 0.717) is 12.3 Å². The number of halogens is 1. The van der Waals surface area contributed by atoms with Crippen LogP contribution in [0, 0.1) is 3.57 Å². The summed E-state index contributed by atoms with van der Waals surface area (Å²) in [6, 6.07) is 16.5. The Morgan fingerprint density at radius 3 is 2.36 bits per heavy atom. The van der Waals surface area contributed by atoms with Gasteiger partial charge in [-0.1, -0.05) is 30.3 Å². The number of ether oxygens (including phenoxy) is 1. The summed E-state index contributed by atoms with van der Waals surface area (Å²) in [5.41, 5.74) is 0.959. The summed E-state index contributed by atoms with van der Waals surface area (Å²) in [6.45, 7) is 1.95. The Balaban J connectivity index is 2.08. The van der Waals surface area contributed by atoms with Gasteiger partial charge in [-0.25, -0.2) is 0 Å². The Morgan fingerprint density at radius 2 is 1.76 bits per heavy atom. The molecule has 1 atom stereocenters. The Morgan fingerprint density at radius 1 is 1.12 bits per heavy atom. The summed E-state index contributed by atoms with van der Waals surface area (Å²) in [6.07, 6.45) is 0. The van der Waals surface area contributed by atoms with Gasteiger partial charge in [0.05, 0.1) is 0 Å². The molecule has 0 radical (unpaired) electrons. The van der Waals surface area contributed by atoms with Crippen molar-refractivity contribution in [3.63, 3.8) is 0 Å². The van der Waals surface area contributed by atoms with Crippen molar-refractivity contribution in [3.8, 4) is 5.75 Å². The van der Waals surface area contributed by atoms with Gasteiger partial charge in [0.1, 0.15) is 11.8 Å². The maximum Gasteiger partial charge on any atom is 0.261 e. The lowest BCUT2D eigenvalue weighted by atomic mass is 10.1. The van der Waals surface area contributed by atoms with Crippen LogP contribution in [0.4, 0.5) is 0 Å². The van der Waals surface area contributed by atoms with E-state index in [2.05, 4.69) is 27.9 Å². The van der Waals surface area contributed by atoms with E-state index in [9.17, 15) is 9.59 Å². The number of hydrogen-bond acceptors (Lipinski definition) is 3. The van der Waals surface area contributed by atoms with Crippen molar-refractivity contribution in [2.24, 2.45) is 0 Å². The summed E-state index contributed by atoms with van der Waals surface area (Å²) in [4.78, 5) is 26.2. The van der Waals surface area contributed by atoms with E-state index in [1.54, 1.807) is 14.0 Å². The van der Waals surface area contributed by atoms with Crippen LogP contribution >= 0.6 is 22.6 Å². The Bertz CT molecular complexity index is 704. The number of carbonyl (C=O) groups is 2. The first-order valence-corrected chi connectivity index (χ1v) is 9.02. The van der Waals surface area contributed by atoms with Crippen molar-refractivity contribution in [1.82, 2.24) is 10.2 Å². The van der Waals surface area contributed by atoms with E-state index in [4.69, 9.17) is 4.74 Å². The van der Waals surface area contributed by atoms with Crippen LogP contribution in [0.3, 0.4) is 0 Å². The van der Waals surface area contributed by atoms with Gasteiger partial charge < -0.3 is 15.0 Å². The van der Waals surface area contributed by atoms with Crippen LogP contribution in [-0.4, -0.2) is 36.4 Å². The molecule has 2 rings (SSSR count). The molecule has 2 aromatic rings. The van der Waals surface area contributed by atoms with Crippen LogP contribution in [0.1, 0.15) is 12.5 Å². The van der Waals surface area contributed by atoms with Gasteiger partial charge in [-0.15, -0.1) is 0 Å². The van der Waals surface area contributed by atoms with Gasteiger partial charge in [0.25, 0.3) is 5.91 Å². The summed E-state index contributed by atoms with van der Waals surface area (Å²) >= 11 is 2.21. The number of hydrogen-bond donors (Lipinski definition) is 1. The van der Waals surface area contributed by atoms with Gasteiger partial charge in [-0.2, -0.15) is 0 Å². The van der Waals surface area contributed by atoms with Crippen LogP contribution in [0.25, 0.3) is 0 Å². The Hall–Kier alpha value is -2.09. The molecule has 132 valence electrons. The topological polar surface area (TPSA) is 58.6 Å². The first-order valence-electron chi connectivity index (χ1n) is 7.94. The highest BCUT2D eigenvalue weighted by Crippen LogP contribution is 2.15. The van der Waals surface area contributed by atoms with Gasteiger partial charge in [-0.05, 0) is 59.3 Å². The maximum absolute atomic E-state index is 12.7. The third-order valence-electron chi connectivity index (χ3n) is 3.79. The Kier molecular flexibility index (Phi) is 7.24. The highest BCUT2D eigenvalue weighted by molar-refractivity contribution is 14.1. The average molecular weight is 452 g/mol. The third kappa shape index (κ3) is 5.74. The largest absolute Gasteiger partial charge is 0.484 e. The zero-order chi connectivity index (χ0) is 18.2. The van der Waals surface area contributed by atoms with E-state index < -0.39 is 6.04 Å². The molecule has 2 aromatic carbocycles. The van der Waals surface area contributed by atoms with E-state index in [1.165, 1.54) is 4.90 Å². The zero-order valence-corrected chi connectivity index (χ0v) is 16.4. The molecule has 6 heteroatoms. The minimum atomic E-state index is -0.585. The molecule has 0 aliphatic heterocycles. The summed E-state index contributed by atoms with van der Waals surface area (Å²) in [5.74, 6) is 0.179. The highest BCUT2D eigenvalue weighted by atomic mass is 127. The van der Waals surface area contributed by atoms with Gasteiger partial charge >= 0.3 is 0 Å². The minimum Gasteiger partial charge on any atom is -0.484 e. The van der Waals surface area contributed by atoms with Crippen LogP contribution in [0.5, 0.6) is 5.75 Å². The number of amides is 2. The molecule has 0 saturated heterocycles. The second-order valence-electron chi connectivity index (χ2n) is 5.54. The van der Waals surface area contributed by atoms with Crippen molar-refractivity contribution in [2.45, 2.75) is 19.5 Å². The van der Waals surface area contributed by atoms with Gasteiger partial charge in [0.15, 0.2) is 6.61 Å². The molecule has 0 heterocycles. The van der Waals surface area contributed by atoms with Crippen LogP contribution < -0.4 is 10.1 Å². The molecule has 0 aliphatic carbocycles. The molecule has 0 saturated carbocycles. The predicted molar refractivity (Wildman–Crippen MR) is 105 cm³/mol. The lowest BCUT2D eigenvalue weighted by molar-refractivity contribution is -0.142. The fraction of sp³-hybridized carbons (Fsp3) is 0.263. The van der Waals surface area contributed by atoms with Crippen LogP contribution in [0.2, 0.25) is 0 Å². The first kappa shape index (κ1) is 19.2. The quantitative estimate of drug-likeness (QED) is 0.658. The SMILES string of the molecule is CNC(=O)[C@H](C)N(Cc1ccccc1)C(=O)COc1ccc(I)cc1. The fourth-order valence-electron chi connectivity index (χ4n) is 2.33. The molecule has 2 amide bonds. The number of nitrogens with one attached hydrogen (secondary N) is 1. The van der Waals surface area contributed by atoms with Crippen LogP contribution in [-0.2, 0) is 16.1 Å². The second kappa shape index (κ2) is 9.41. The first-order chi connectivity index (χ1) is 12.0. The Labute approximate surface area is 161 Å². The molecule has 0 spiro atoms. The molecular formula is C19H21IN2O3. The summed E-state index contributed by atoms with van der Waals surface area (Å²) in [5, 5.41) is 2.59. The number of carbonyl (C=O) groups excluding carboxylic acids is 2. The molecule has 1 N–H and O–H groups in total. The van der Waals surface area contributed by atoms with E-state index in [-0.39, 0.29) is 18.4 Å². The summed E-state index contributed by atoms with van der Waals surface area (Å²) in [7, 11) is 1.56. The lowest BCUT2D eigenvalue weighted by Crippen LogP contribution is -2.48. The van der Waals surface area contributed by atoms with Gasteiger partial charge in [0.2, 0.25) is 5.91 Å². The fourth-order valence-corrected chi connectivity index (χ4v) is 2.69. The lowest BCUT2D eigenvalue weighted by Gasteiger charge is -2.28. The smallest absolute Gasteiger partial charge is 0.261 e. The molecule has 25 heavy (non-hydrogen) atoms. The predicted octanol–water partition coefficient (Wildman–Crippen LogP) is 2.83. The zero-order valence-electron chi connectivity index (χ0n) is 14.2. The molecule has 0 unspecified atom stereocenters. The molecule has 5 nitrogen and oxygen atoms in total. The van der Waals surface area contributed by atoms with Crippen LogP contribution in [0.15, 0.2) is 54.6 Å². The molecular weight excluding hydrogens is 431 g/mol. The summed E-state index contributed by atoms with van der Waals surface area (Å²) < 4.78 is 6.67. The standard InChI is InChI=1S/C19H21IN2O3/c1-14(19(24)21-2)22(12-15-6-4-3-5-7-15)18(23)13-25-17-10-8-16(20)9-11-17/h3-11,14H,12-13H2,1-2H3,(H,21,24)/t14-/m0/s1.